The normalized spacial score (nSPS) is 13.5. The fraction of sp³-hybridized carbons (Fsp3) is 0.368. The molecule has 0 atom stereocenters. The number of nitro groups is 1. The number of rotatable bonds is 5. The van der Waals surface area contributed by atoms with Crippen molar-refractivity contribution in [2.75, 3.05) is 5.32 Å². The zero-order chi connectivity index (χ0) is 21.3. The lowest BCUT2D eigenvalue weighted by Crippen LogP contribution is -2.30. The number of thiazole rings is 1. The summed E-state index contributed by atoms with van der Waals surface area (Å²) in [5, 5.41) is 20.2. The Kier molecular flexibility index (Phi) is 5.44. The molecule has 0 aliphatic carbocycles. The van der Waals surface area contributed by atoms with Crippen LogP contribution in [0.15, 0.2) is 28.4 Å². The Bertz CT molecular complexity index is 1180. The molecular formula is C19H20N6O4S. The largest absolute Gasteiger partial charge is 0.346 e. The van der Waals surface area contributed by atoms with Crippen LogP contribution in [0.3, 0.4) is 0 Å². The number of amides is 1. The number of carbonyl (C=O) groups is 1. The zero-order valence-electron chi connectivity index (χ0n) is 16.3. The van der Waals surface area contributed by atoms with Crippen LogP contribution >= 0.6 is 11.3 Å². The maximum Gasteiger partial charge on any atom is 0.346 e. The number of nitrogens with zero attached hydrogens (tertiary/aromatic N) is 5. The Morgan fingerprint density at radius 2 is 2.17 bits per heavy atom. The maximum absolute atomic E-state index is 12.5. The number of aromatic nitrogens is 4. The topological polar surface area (TPSA) is 125 Å². The molecular weight excluding hydrogens is 408 g/mol. The maximum atomic E-state index is 12.5. The lowest BCUT2D eigenvalue weighted by molar-refractivity contribution is -0.385. The van der Waals surface area contributed by atoms with Crippen molar-refractivity contribution in [2.24, 2.45) is 0 Å². The van der Waals surface area contributed by atoms with Gasteiger partial charge in [-0.3, -0.25) is 19.5 Å². The first-order chi connectivity index (χ1) is 14.4. The van der Waals surface area contributed by atoms with Gasteiger partial charge in [-0.1, -0.05) is 18.6 Å². The van der Waals surface area contributed by atoms with Crippen LogP contribution in [0.4, 0.5) is 10.8 Å². The summed E-state index contributed by atoms with van der Waals surface area (Å²) in [7, 11) is 0. The molecule has 30 heavy (non-hydrogen) atoms. The fourth-order valence-electron chi connectivity index (χ4n) is 3.45. The summed E-state index contributed by atoms with van der Waals surface area (Å²) in [6.45, 7) is 2.12. The van der Waals surface area contributed by atoms with Crippen molar-refractivity contribution in [3.63, 3.8) is 0 Å². The minimum absolute atomic E-state index is 0.0185. The average Bonchev–Trinajstić information content (AvgIpc) is 3.18. The fourth-order valence-corrected chi connectivity index (χ4v) is 4.19. The van der Waals surface area contributed by atoms with Gasteiger partial charge >= 0.3 is 5.69 Å². The summed E-state index contributed by atoms with van der Waals surface area (Å²) >= 11 is 1.21. The van der Waals surface area contributed by atoms with Crippen molar-refractivity contribution in [2.45, 2.75) is 45.7 Å². The molecule has 0 saturated carbocycles. The Morgan fingerprint density at radius 3 is 2.97 bits per heavy atom. The molecule has 156 valence electrons. The van der Waals surface area contributed by atoms with Gasteiger partial charge in [0.25, 0.3) is 5.69 Å². The number of hydrogen-bond acceptors (Lipinski definition) is 7. The molecule has 1 aliphatic rings. The number of benzene rings is 1. The molecule has 1 amide bonds. The molecule has 0 bridgehead atoms. The standard InChI is InChI=1S/C19H20N6O4S/c1-12-6-7-13(9-15(12)25(28)29)14-11-30-18(20-14)21-17(26)10-24-19(27)23-8-4-2-3-5-16(23)22-24/h6-7,9,11H,2-5,8,10H2,1H3,(H,20,21,26). The zero-order valence-corrected chi connectivity index (χ0v) is 17.1. The van der Waals surface area contributed by atoms with E-state index in [4.69, 9.17) is 0 Å². The molecule has 0 unspecified atom stereocenters. The average molecular weight is 428 g/mol. The third-order valence-corrected chi connectivity index (χ3v) is 5.78. The molecule has 0 spiro atoms. The number of hydrogen-bond donors (Lipinski definition) is 1. The molecule has 3 heterocycles. The second-order valence-electron chi connectivity index (χ2n) is 7.16. The molecule has 1 N–H and O–H groups in total. The van der Waals surface area contributed by atoms with E-state index in [1.165, 1.54) is 22.1 Å². The van der Waals surface area contributed by atoms with Crippen molar-refractivity contribution in [3.8, 4) is 11.3 Å². The van der Waals surface area contributed by atoms with E-state index in [1.54, 1.807) is 29.0 Å². The summed E-state index contributed by atoms with van der Waals surface area (Å²) in [6, 6.07) is 4.88. The van der Waals surface area contributed by atoms with Gasteiger partial charge in [0.15, 0.2) is 5.13 Å². The minimum atomic E-state index is -0.432. The highest BCUT2D eigenvalue weighted by Crippen LogP contribution is 2.29. The molecule has 10 nitrogen and oxygen atoms in total. The van der Waals surface area contributed by atoms with E-state index >= 15 is 0 Å². The molecule has 11 heteroatoms. The third kappa shape index (κ3) is 4.01. The van der Waals surface area contributed by atoms with Crippen molar-refractivity contribution < 1.29 is 9.72 Å². The molecule has 0 fully saturated rings. The van der Waals surface area contributed by atoms with E-state index in [0.29, 0.717) is 28.5 Å². The van der Waals surface area contributed by atoms with Gasteiger partial charge in [-0.25, -0.2) is 14.5 Å². The van der Waals surface area contributed by atoms with Crippen LogP contribution < -0.4 is 11.0 Å². The van der Waals surface area contributed by atoms with Crippen molar-refractivity contribution in [3.05, 3.63) is 55.6 Å². The van der Waals surface area contributed by atoms with Crippen molar-refractivity contribution in [1.82, 2.24) is 19.3 Å². The predicted molar refractivity (Wildman–Crippen MR) is 112 cm³/mol. The quantitative estimate of drug-likeness (QED) is 0.492. The van der Waals surface area contributed by atoms with Gasteiger partial charge in [-0.2, -0.15) is 5.10 Å². The molecule has 0 saturated heterocycles. The first-order valence-electron chi connectivity index (χ1n) is 9.59. The summed E-state index contributed by atoms with van der Waals surface area (Å²) < 4.78 is 2.83. The van der Waals surface area contributed by atoms with E-state index < -0.39 is 10.8 Å². The number of aryl methyl sites for hydroxylation is 2. The van der Waals surface area contributed by atoms with Gasteiger partial charge < -0.3 is 5.32 Å². The molecule has 1 aliphatic heterocycles. The monoisotopic (exact) mass is 428 g/mol. The summed E-state index contributed by atoms with van der Waals surface area (Å²) in [5.74, 6) is 0.323. The van der Waals surface area contributed by atoms with Gasteiger partial charge in [0.1, 0.15) is 12.4 Å². The molecule has 2 aromatic heterocycles. The lowest BCUT2D eigenvalue weighted by Gasteiger charge is -2.02. The van der Waals surface area contributed by atoms with Gasteiger partial charge in [0.2, 0.25) is 5.91 Å². The van der Waals surface area contributed by atoms with Gasteiger partial charge in [-0.15, -0.1) is 11.3 Å². The SMILES string of the molecule is Cc1ccc(-c2csc(NC(=O)Cn3nc4n(c3=O)CCCCC4)n2)cc1[N+](=O)[O-]. The van der Waals surface area contributed by atoms with Crippen LogP contribution in [-0.2, 0) is 24.3 Å². The van der Waals surface area contributed by atoms with Crippen molar-refractivity contribution in [1.29, 1.82) is 0 Å². The molecule has 0 radical (unpaired) electrons. The Morgan fingerprint density at radius 1 is 1.33 bits per heavy atom. The Hall–Kier alpha value is -3.34. The highest BCUT2D eigenvalue weighted by atomic mass is 32.1. The highest BCUT2D eigenvalue weighted by Gasteiger charge is 2.18. The minimum Gasteiger partial charge on any atom is -0.300 e. The third-order valence-electron chi connectivity index (χ3n) is 5.03. The molecule has 1 aromatic carbocycles. The summed E-state index contributed by atoms with van der Waals surface area (Å²) in [5.41, 5.74) is 1.44. The van der Waals surface area contributed by atoms with Crippen LogP contribution in [-0.4, -0.2) is 30.2 Å². The van der Waals surface area contributed by atoms with E-state index in [9.17, 15) is 19.7 Å². The lowest BCUT2D eigenvalue weighted by atomic mass is 10.1. The van der Waals surface area contributed by atoms with Crippen LogP contribution in [0.25, 0.3) is 11.3 Å². The first kappa shape index (κ1) is 20.0. The van der Waals surface area contributed by atoms with Gasteiger partial charge in [0, 0.05) is 35.5 Å². The van der Waals surface area contributed by atoms with Crippen molar-refractivity contribution >= 4 is 28.1 Å². The number of carbonyl (C=O) groups excluding carboxylic acids is 1. The first-order valence-corrected chi connectivity index (χ1v) is 10.5. The van der Waals surface area contributed by atoms with Gasteiger partial charge in [0.05, 0.1) is 10.6 Å². The van der Waals surface area contributed by atoms with E-state index in [-0.39, 0.29) is 17.9 Å². The Balaban J connectivity index is 1.47. The van der Waals surface area contributed by atoms with E-state index in [1.807, 2.05) is 0 Å². The number of nitro benzene ring substituents is 1. The van der Waals surface area contributed by atoms with Crippen LogP contribution in [0, 0.1) is 17.0 Å². The number of anilines is 1. The molecule has 4 rings (SSSR count). The smallest absolute Gasteiger partial charge is 0.300 e. The second-order valence-corrected chi connectivity index (χ2v) is 8.02. The van der Waals surface area contributed by atoms with Gasteiger partial charge in [-0.05, 0) is 19.8 Å². The van der Waals surface area contributed by atoms with E-state index in [0.717, 1.165) is 31.5 Å². The van der Waals surface area contributed by atoms with Crippen LogP contribution in [0.1, 0.15) is 30.7 Å². The second kappa shape index (κ2) is 8.19. The van der Waals surface area contributed by atoms with Crippen LogP contribution in [0.5, 0.6) is 0 Å². The predicted octanol–water partition coefficient (Wildman–Crippen LogP) is 2.75. The molecule has 3 aromatic rings. The summed E-state index contributed by atoms with van der Waals surface area (Å²) in [6.07, 6.45) is 3.73. The highest BCUT2D eigenvalue weighted by molar-refractivity contribution is 7.14. The van der Waals surface area contributed by atoms with Crippen LogP contribution in [0.2, 0.25) is 0 Å². The number of fused-ring (bicyclic) bond motifs is 1. The van der Waals surface area contributed by atoms with E-state index in [2.05, 4.69) is 15.4 Å². The Labute approximate surface area is 175 Å². The summed E-state index contributed by atoms with van der Waals surface area (Å²) in [4.78, 5) is 39.9. The number of nitrogens with one attached hydrogen (secondary N) is 1.